The van der Waals surface area contributed by atoms with Crippen molar-refractivity contribution in [1.82, 2.24) is 24.5 Å². The number of nitrogens with zero attached hydrogens (tertiary/aromatic N) is 5. The molecule has 3 aromatic heterocycles. The molecule has 0 spiro atoms. The number of nitrogens with one attached hydrogen (secondary N) is 1. The second-order valence-corrected chi connectivity index (χ2v) is 8.16. The van der Waals surface area contributed by atoms with Gasteiger partial charge < -0.3 is 5.32 Å². The van der Waals surface area contributed by atoms with E-state index in [0.717, 1.165) is 40.8 Å². The minimum Gasteiger partial charge on any atom is -0.304 e. The Morgan fingerprint density at radius 1 is 1.23 bits per heavy atom. The molecule has 1 fully saturated rings. The lowest BCUT2D eigenvalue weighted by molar-refractivity contribution is 0.102. The zero-order valence-corrected chi connectivity index (χ0v) is 17.5. The summed E-state index contributed by atoms with van der Waals surface area (Å²) >= 11 is 6.19. The highest BCUT2D eigenvalue weighted by Crippen LogP contribution is 2.40. The highest BCUT2D eigenvalue weighted by molar-refractivity contribution is 6.33. The third-order valence-electron chi connectivity index (χ3n) is 5.33. The van der Waals surface area contributed by atoms with Crippen LogP contribution in [0.2, 0.25) is 5.02 Å². The van der Waals surface area contributed by atoms with Crippen LogP contribution < -0.4 is 5.32 Å². The van der Waals surface area contributed by atoms with Crippen LogP contribution in [0, 0.1) is 6.92 Å². The molecule has 0 atom stereocenters. The standard InChI is InChI=1S/C22H21ClN6O/c1-13-19-16(22(30)25-20-17(23)12-28(2)27-20)10-18(15-8-9-15)24-21(19)29(26-13)11-14-6-4-3-5-7-14/h3-7,10,12,15H,8-9,11H2,1-2H3,(H,25,27,30). The number of carbonyl (C=O) groups is 1. The molecular formula is C22H21ClN6O. The number of hydrogen-bond acceptors (Lipinski definition) is 4. The molecule has 1 aliphatic rings. The van der Waals surface area contributed by atoms with E-state index in [1.54, 1.807) is 17.9 Å². The molecule has 4 aromatic rings. The topological polar surface area (TPSA) is 77.6 Å². The van der Waals surface area contributed by atoms with Gasteiger partial charge in [0.1, 0.15) is 5.02 Å². The Bertz CT molecular complexity index is 1260. The van der Waals surface area contributed by atoms with Gasteiger partial charge in [0.25, 0.3) is 5.91 Å². The largest absolute Gasteiger partial charge is 0.304 e. The minimum absolute atomic E-state index is 0.257. The number of anilines is 1. The molecule has 8 heteroatoms. The van der Waals surface area contributed by atoms with E-state index < -0.39 is 0 Å². The van der Waals surface area contributed by atoms with E-state index in [2.05, 4.69) is 22.5 Å². The summed E-state index contributed by atoms with van der Waals surface area (Å²) in [7, 11) is 1.76. The SMILES string of the molecule is Cc1nn(Cc2ccccc2)c2nc(C3CC3)cc(C(=O)Nc3nn(C)cc3Cl)c12. The van der Waals surface area contributed by atoms with Crippen molar-refractivity contribution in [3.05, 3.63) is 70.1 Å². The summed E-state index contributed by atoms with van der Waals surface area (Å²) in [6.45, 7) is 2.51. The Hall–Kier alpha value is -3.19. The molecule has 30 heavy (non-hydrogen) atoms. The zero-order chi connectivity index (χ0) is 20.8. The van der Waals surface area contributed by atoms with Crippen molar-refractivity contribution in [2.75, 3.05) is 5.32 Å². The van der Waals surface area contributed by atoms with Gasteiger partial charge in [-0.05, 0) is 31.4 Å². The summed E-state index contributed by atoms with van der Waals surface area (Å²) in [5.41, 5.74) is 4.13. The first-order chi connectivity index (χ1) is 14.5. The summed E-state index contributed by atoms with van der Waals surface area (Å²) in [5, 5.41) is 12.9. The molecule has 1 amide bonds. The fraction of sp³-hybridized carbons (Fsp3) is 0.273. The van der Waals surface area contributed by atoms with Crippen LogP contribution in [-0.2, 0) is 13.6 Å². The van der Waals surface area contributed by atoms with Gasteiger partial charge in [-0.15, -0.1) is 0 Å². The number of halogens is 1. The molecule has 1 aromatic carbocycles. The van der Waals surface area contributed by atoms with Gasteiger partial charge in [-0.2, -0.15) is 10.2 Å². The summed E-state index contributed by atoms with van der Waals surface area (Å²) in [5.74, 6) is 0.489. The molecule has 7 nitrogen and oxygen atoms in total. The molecule has 5 rings (SSSR count). The first kappa shape index (κ1) is 18.8. The third-order valence-corrected chi connectivity index (χ3v) is 5.61. The van der Waals surface area contributed by atoms with Crippen LogP contribution in [0.5, 0.6) is 0 Å². The predicted molar refractivity (Wildman–Crippen MR) is 116 cm³/mol. The number of aromatic nitrogens is 5. The fourth-order valence-electron chi connectivity index (χ4n) is 3.73. The molecule has 152 valence electrons. The highest BCUT2D eigenvalue weighted by Gasteiger charge is 2.29. The molecular weight excluding hydrogens is 400 g/mol. The van der Waals surface area contributed by atoms with Crippen LogP contribution in [-0.4, -0.2) is 30.5 Å². The number of carbonyl (C=O) groups excluding carboxylic acids is 1. The first-order valence-electron chi connectivity index (χ1n) is 9.92. The third kappa shape index (κ3) is 3.45. The van der Waals surface area contributed by atoms with Crippen molar-refractivity contribution in [3.63, 3.8) is 0 Å². The van der Waals surface area contributed by atoms with Crippen molar-refractivity contribution >= 4 is 34.4 Å². The Morgan fingerprint density at radius 2 is 2.00 bits per heavy atom. The van der Waals surface area contributed by atoms with Crippen LogP contribution in [0.15, 0.2) is 42.6 Å². The molecule has 0 saturated heterocycles. The molecule has 0 unspecified atom stereocenters. The second kappa shape index (κ2) is 7.25. The average Bonchev–Trinajstić information content (AvgIpc) is 3.47. The molecule has 3 heterocycles. The first-order valence-corrected chi connectivity index (χ1v) is 10.3. The summed E-state index contributed by atoms with van der Waals surface area (Å²) in [4.78, 5) is 18.1. The quantitative estimate of drug-likeness (QED) is 0.522. The summed E-state index contributed by atoms with van der Waals surface area (Å²) < 4.78 is 3.45. The van der Waals surface area contributed by atoms with Crippen LogP contribution in [0.4, 0.5) is 5.82 Å². The number of fused-ring (bicyclic) bond motifs is 1. The van der Waals surface area contributed by atoms with Gasteiger partial charge in [0.05, 0.1) is 23.2 Å². The van der Waals surface area contributed by atoms with Gasteiger partial charge in [-0.25, -0.2) is 9.67 Å². The number of benzene rings is 1. The lowest BCUT2D eigenvalue weighted by atomic mass is 10.1. The second-order valence-electron chi connectivity index (χ2n) is 7.75. The van der Waals surface area contributed by atoms with E-state index in [9.17, 15) is 4.79 Å². The van der Waals surface area contributed by atoms with Gasteiger partial charge in [0.2, 0.25) is 0 Å². The van der Waals surface area contributed by atoms with E-state index in [1.165, 1.54) is 0 Å². The lowest BCUT2D eigenvalue weighted by Crippen LogP contribution is -2.14. The van der Waals surface area contributed by atoms with Gasteiger partial charge in [-0.1, -0.05) is 41.9 Å². The Balaban J connectivity index is 1.60. The Morgan fingerprint density at radius 3 is 2.67 bits per heavy atom. The minimum atomic E-state index is -0.257. The van der Waals surface area contributed by atoms with Gasteiger partial charge in [0.15, 0.2) is 11.5 Å². The Labute approximate surface area is 178 Å². The monoisotopic (exact) mass is 420 g/mol. The smallest absolute Gasteiger partial charge is 0.257 e. The number of pyridine rings is 1. The van der Waals surface area contributed by atoms with E-state index in [-0.39, 0.29) is 5.91 Å². The van der Waals surface area contributed by atoms with E-state index in [4.69, 9.17) is 21.7 Å². The van der Waals surface area contributed by atoms with Crippen molar-refractivity contribution < 1.29 is 4.79 Å². The van der Waals surface area contributed by atoms with E-state index in [0.29, 0.717) is 28.9 Å². The van der Waals surface area contributed by atoms with Gasteiger partial charge >= 0.3 is 0 Å². The van der Waals surface area contributed by atoms with Crippen LogP contribution in [0.1, 0.15) is 46.1 Å². The predicted octanol–water partition coefficient (Wildman–Crippen LogP) is 4.30. The normalized spacial score (nSPS) is 13.7. The molecule has 1 saturated carbocycles. The van der Waals surface area contributed by atoms with Crippen molar-refractivity contribution in [3.8, 4) is 0 Å². The molecule has 1 aliphatic carbocycles. The number of aryl methyl sites for hydroxylation is 2. The number of hydrogen-bond donors (Lipinski definition) is 1. The van der Waals surface area contributed by atoms with E-state index >= 15 is 0 Å². The Kier molecular flexibility index (Phi) is 4.55. The van der Waals surface area contributed by atoms with Crippen LogP contribution in [0.3, 0.4) is 0 Å². The van der Waals surface area contributed by atoms with Crippen molar-refractivity contribution in [2.45, 2.75) is 32.2 Å². The van der Waals surface area contributed by atoms with Crippen LogP contribution in [0.25, 0.3) is 11.0 Å². The van der Waals surface area contributed by atoms with Gasteiger partial charge in [-0.3, -0.25) is 9.48 Å². The molecule has 1 N–H and O–H groups in total. The van der Waals surface area contributed by atoms with E-state index in [1.807, 2.05) is 35.9 Å². The zero-order valence-electron chi connectivity index (χ0n) is 16.8. The van der Waals surface area contributed by atoms with Crippen molar-refractivity contribution in [1.29, 1.82) is 0 Å². The lowest BCUT2D eigenvalue weighted by Gasteiger charge is -2.09. The maximum atomic E-state index is 13.2. The summed E-state index contributed by atoms with van der Waals surface area (Å²) in [6.07, 6.45) is 3.84. The van der Waals surface area contributed by atoms with Crippen molar-refractivity contribution in [2.24, 2.45) is 7.05 Å². The highest BCUT2D eigenvalue weighted by atomic mass is 35.5. The maximum absolute atomic E-state index is 13.2. The average molecular weight is 421 g/mol. The molecule has 0 bridgehead atoms. The number of amides is 1. The maximum Gasteiger partial charge on any atom is 0.257 e. The van der Waals surface area contributed by atoms with Gasteiger partial charge in [0, 0.05) is 24.9 Å². The molecule has 0 aliphatic heterocycles. The molecule has 0 radical (unpaired) electrons. The summed E-state index contributed by atoms with van der Waals surface area (Å²) in [6, 6.07) is 12.0. The van der Waals surface area contributed by atoms with Crippen LogP contribution >= 0.6 is 11.6 Å². The number of rotatable bonds is 5. The fourth-order valence-corrected chi connectivity index (χ4v) is 3.95.